The average molecular weight is 544 g/mol. The highest BCUT2D eigenvalue weighted by molar-refractivity contribution is 5.81. The van der Waals surface area contributed by atoms with E-state index in [0.29, 0.717) is 25.4 Å². The summed E-state index contributed by atoms with van der Waals surface area (Å²) in [6.07, 6.45) is 0.959. The van der Waals surface area contributed by atoms with Crippen LogP contribution in [0.15, 0.2) is 48.5 Å². The minimum Gasteiger partial charge on any atom is -0.368 e. The van der Waals surface area contributed by atoms with E-state index in [1.54, 1.807) is 9.58 Å². The molecule has 0 aliphatic carbocycles. The fourth-order valence-corrected chi connectivity index (χ4v) is 4.91. The van der Waals surface area contributed by atoms with Crippen LogP contribution in [0.25, 0.3) is 11.4 Å². The zero-order valence-electron chi connectivity index (χ0n) is 22.6. The topological polar surface area (TPSA) is 86.3 Å². The maximum Gasteiger partial charge on any atom is 0.252 e. The van der Waals surface area contributed by atoms with Crippen molar-refractivity contribution in [1.82, 2.24) is 19.7 Å². The highest BCUT2D eigenvalue weighted by Gasteiger charge is 2.41. The summed E-state index contributed by atoms with van der Waals surface area (Å²) in [5.41, 5.74) is 6.17. The van der Waals surface area contributed by atoms with Crippen LogP contribution in [0, 0.1) is 17.0 Å². The maximum atomic E-state index is 14.8. The molecule has 0 saturated carbocycles. The molecule has 4 rings (SSSR count). The molecule has 1 saturated heterocycles. The van der Waals surface area contributed by atoms with Crippen molar-refractivity contribution in [3.05, 3.63) is 71.6 Å². The molecule has 2 aromatic carbocycles. The summed E-state index contributed by atoms with van der Waals surface area (Å²) in [4.78, 5) is 20.2. The Balaban J connectivity index is 1.86. The molecule has 1 fully saturated rings. The van der Waals surface area contributed by atoms with Gasteiger partial charge in [0.25, 0.3) is 5.91 Å². The van der Waals surface area contributed by atoms with Crippen molar-refractivity contribution in [2.45, 2.75) is 64.8 Å². The van der Waals surface area contributed by atoms with E-state index in [1.807, 2.05) is 51.1 Å². The molecule has 1 amide bonds. The molecular formula is C29H36F3N5O2. The SMILES string of the molecule is CC(C)(C)[C@H](c1nc(-c2cc(F)ccc2F)nn1Cc1ccccc1)N(CC[C@H](N)CF)C(=O)[C@@H]1CCCO1. The second-order valence-electron chi connectivity index (χ2n) is 11.1. The number of benzene rings is 2. The Morgan fingerprint density at radius 1 is 1.21 bits per heavy atom. The number of halogens is 3. The second-order valence-corrected chi connectivity index (χ2v) is 11.1. The van der Waals surface area contributed by atoms with Gasteiger partial charge in [-0.3, -0.25) is 4.79 Å². The molecule has 3 atom stereocenters. The van der Waals surface area contributed by atoms with E-state index >= 15 is 0 Å². The molecule has 2 N–H and O–H groups in total. The summed E-state index contributed by atoms with van der Waals surface area (Å²) in [5.74, 6) is -1.09. The van der Waals surface area contributed by atoms with E-state index in [2.05, 4.69) is 5.10 Å². The van der Waals surface area contributed by atoms with Crippen molar-refractivity contribution < 1.29 is 22.7 Å². The van der Waals surface area contributed by atoms with Crippen LogP contribution >= 0.6 is 0 Å². The van der Waals surface area contributed by atoms with Gasteiger partial charge in [-0.05, 0) is 48.4 Å². The lowest BCUT2D eigenvalue weighted by Gasteiger charge is -2.41. The monoisotopic (exact) mass is 543 g/mol. The number of carbonyl (C=O) groups excluding carboxylic acids is 1. The summed E-state index contributed by atoms with van der Waals surface area (Å²) in [7, 11) is 0. The normalized spacial score (nSPS) is 17.3. The van der Waals surface area contributed by atoms with Gasteiger partial charge in [-0.15, -0.1) is 0 Å². The summed E-state index contributed by atoms with van der Waals surface area (Å²) < 4.78 is 49.6. The van der Waals surface area contributed by atoms with Crippen molar-refractivity contribution in [1.29, 1.82) is 0 Å². The molecule has 1 aliphatic rings. The standard InChI is InChI=1S/C29H36F3N5O2/c1-29(2,3)25(36(14-13-21(33)17-30)28(38)24-10-7-15-39-24)27-34-26(22-16-20(31)11-12-23(22)32)35-37(27)18-19-8-5-4-6-9-19/h4-6,8-9,11-12,16,21,24-25H,7,10,13-15,17-18,33H2,1-3H3/t21-,24-,25-/m0/s1. The number of amides is 1. The Hall–Kier alpha value is -3.24. The molecule has 0 unspecified atom stereocenters. The van der Waals surface area contributed by atoms with Gasteiger partial charge < -0.3 is 15.4 Å². The number of alkyl halides is 1. The molecule has 1 aromatic heterocycles. The van der Waals surface area contributed by atoms with Gasteiger partial charge in [0.15, 0.2) is 11.6 Å². The average Bonchev–Trinajstić information content (AvgIpc) is 3.58. The zero-order valence-corrected chi connectivity index (χ0v) is 22.6. The third kappa shape index (κ3) is 6.86. The summed E-state index contributed by atoms with van der Waals surface area (Å²) >= 11 is 0. The van der Waals surface area contributed by atoms with Crippen LogP contribution in [-0.2, 0) is 16.1 Å². The molecule has 3 aromatic rings. The lowest BCUT2D eigenvalue weighted by Crippen LogP contribution is -2.48. The first-order valence-electron chi connectivity index (χ1n) is 13.3. The molecule has 7 nitrogen and oxygen atoms in total. The van der Waals surface area contributed by atoms with Crippen molar-refractivity contribution >= 4 is 5.91 Å². The zero-order chi connectivity index (χ0) is 28.2. The molecule has 0 bridgehead atoms. The van der Waals surface area contributed by atoms with Gasteiger partial charge in [-0.25, -0.2) is 22.8 Å². The summed E-state index contributed by atoms with van der Waals surface area (Å²) in [6.45, 7) is 6.13. The number of nitrogens with two attached hydrogens (primary N) is 1. The number of rotatable bonds is 10. The van der Waals surface area contributed by atoms with Crippen LogP contribution in [0.2, 0.25) is 0 Å². The van der Waals surface area contributed by atoms with Gasteiger partial charge in [-0.1, -0.05) is 51.1 Å². The fourth-order valence-electron chi connectivity index (χ4n) is 4.91. The third-order valence-corrected chi connectivity index (χ3v) is 6.85. The van der Waals surface area contributed by atoms with Gasteiger partial charge in [-0.2, -0.15) is 5.10 Å². The Morgan fingerprint density at radius 2 is 1.95 bits per heavy atom. The minimum atomic E-state index is -0.732. The van der Waals surface area contributed by atoms with Crippen LogP contribution < -0.4 is 5.73 Å². The van der Waals surface area contributed by atoms with Crippen molar-refractivity contribution in [2.24, 2.45) is 11.1 Å². The van der Waals surface area contributed by atoms with Gasteiger partial charge >= 0.3 is 0 Å². The van der Waals surface area contributed by atoms with Crippen LogP contribution in [0.4, 0.5) is 13.2 Å². The molecule has 1 aliphatic heterocycles. The Kier molecular flexibility index (Phi) is 9.07. The number of aromatic nitrogens is 3. The molecule has 0 spiro atoms. The van der Waals surface area contributed by atoms with E-state index in [4.69, 9.17) is 15.5 Å². The molecule has 0 radical (unpaired) electrons. The molecule has 10 heteroatoms. The lowest BCUT2D eigenvalue weighted by molar-refractivity contribution is -0.146. The van der Waals surface area contributed by atoms with E-state index < -0.39 is 41.9 Å². The predicted octanol–water partition coefficient (Wildman–Crippen LogP) is 5.05. The number of hydrogen-bond acceptors (Lipinski definition) is 5. The van der Waals surface area contributed by atoms with Crippen LogP contribution in [0.5, 0.6) is 0 Å². The van der Waals surface area contributed by atoms with Gasteiger partial charge in [0.2, 0.25) is 0 Å². The predicted molar refractivity (Wildman–Crippen MR) is 142 cm³/mol. The minimum absolute atomic E-state index is 0.0113. The highest BCUT2D eigenvalue weighted by Crippen LogP contribution is 2.40. The molecule has 210 valence electrons. The molecule has 39 heavy (non-hydrogen) atoms. The second kappa shape index (κ2) is 12.3. The van der Waals surface area contributed by atoms with Crippen LogP contribution in [0.3, 0.4) is 0 Å². The number of ether oxygens (including phenoxy) is 1. The van der Waals surface area contributed by atoms with E-state index in [1.165, 1.54) is 0 Å². The van der Waals surface area contributed by atoms with Crippen molar-refractivity contribution in [2.75, 3.05) is 19.8 Å². The fraction of sp³-hybridized carbons (Fsp3) is 0.483. The first kappa shape index (κ1) is 28.8. The van der Waals surface area contributed by atoms with E-state index in [0.717, 1.165) is 30.2 Å². The highest BCUT2D eigenvalue weighted by atomic mass is 19.1. The first-order valence-corrected chi connectivity index (χ1v) is 13.3. The third-order valence-electron chi connectivity index (χ3n) is 6.85. The number of nitrogens with zero attached hydrogens (tertiary/aromatic N) is 4. The van der Waals surface area contributed by atoms with E-state index in [9.17, 15) is 18.0 Å². The Morgan fingerprint density at radius 3 is 2.59 bits per heavy atom. The Labute approximate surface area is 227 Å². The summed E-state index contributed by atoms with van der Waals surface area (Å²) in [5, 5.41) is 4.61. The first-order chi connectivity index (χ1) is 18.6. The van der Waals surface area contributed by atoms with Crippen LogP contribution in [0.1, 0.15) is 57.5 Å². The number of hydrogen-bond donors (Lipinski definition) is 1. The summed E-state index contributed by atoms with van der Waals surface area (Å²) in [6, 6.07) is 11.3. The lowest BCUT2D eigenvalue weighted by atomic mass is 9.84. The van der Waals surface area contributed by atoms with Gasteiger partial charge in [0.1, 0.15) is 24.4 Å². The number of carbonyl (C=O) groups is 1. The molecule has 2 heterocycles. The van der Waals surface area contributed by atoms with Gasteiger partial charge in [0, 0.05) is 19.2 Å². The van der Waals surface area contributed by atoms with Gasteiger partial charge in [0.05, 0.1) is 18.2 Å². The quantitative estimate of drug-likeness (QED) is 0.387. The van der Waals surface area contributed by atoms with E-state index in [-0.39, 0.29) is 30.3 Å². The maximum absolute atomic E-state index is 14.8. The molecular weight excluding hydrogens is 507 g/mol. The Bertz CT molecular complexity index is 1260. The smallest absolute Gasteiger partial charge is 0.252 e. The van der Waals surface area contributed by atoms with Crippen molar-refractivity contribution in [3.8, 4) is 11.4 Å². The largest absolute Gasteiger partial charge is 0.368 e. The van der Waals surface area contributed by atoms with Crippen LogP contribution in [-0.4, -0.2) is 57.5 Å². The van der Waals surface area contributed by atoms with Crippen molar-refractivity contribution in [3.63, 3.8) is 0 Å².